The van der Waals surface area contributed by atoms with Crippen LogP contribution in [-0.4, -0.2) is 26.9 Å². The van der Waals surface area contributed by atoms with E-state index in [1.54, 1.807) is 20.8 Å². The molecule has 0 fully saturated rings. The summed E-state index contributed by atoms with van der Waals surface area (Å²) in [5, 5.41) is 2.84. The first-order chi connectivity index (χ1) is 12.2. The Morgan fingerprint density at radius 3 is 2.38 bits per heavy atom. The maximum Gasteiger partial charge on any atom is 0.241 e. The summed E-state index contributed by atoms with van der Waals surface area (Å²) in [6.07, 6.45) is 7.77. The zero-order valence-electron chi connectivity index (χ0n) is 16.2. The van der Waals surface area contributed by atoms with Gasteiger partial charge in [-0.25, -0.2) is 8.42 Å². The molecule has 0 radical (unpaired) electrons. The smallest absolute Gasteiger partial charge is 0.241 e. The Hall–Kier alpha value is -1.66. The van der Waals surface area contributed by atoms with Crippen LogP contribution in [0, 0.1) is 20.8 Å². The zero-order valence-corrected chi connectivity index (χ0v) is 17.0. The summed E-state index contributed by atoms with van der Waals surface area (Å²) >= 11 is 0. The normalized spacial score (nSPS) is 16.1. The van der Waals surface area contributed by atoms with E-state index in [0.29, 0.717) is 17.7 Å². The Labute approximate surface area is 157 Å². The molecule has 144 valence electrons. The number of carbonyl (C=O) groups is 1. The predicted octanol–water partition coefficient (Wildman–Crippen LogP) is 3.29. The van der Waals surface area contributed by atoms with Crippen molar-refractivity contribution in [1.29, 1.82) is 0 Å². The van der Waals surface area contributed by atoms with E-state index < -0.39 is 16.1 Å². The molecule has 1 aliphatic rings. The third-order valence-corrected chi connectivity index (χ3v) is 6.57. The van der Waals surface area contributed by atoms with Gasteiger partial charge in [-0.05, 0) is 70.9 Å². The van der Waals surface area contributed by atoms with Gasteiger partial charge in [-0.2, -0.15) is 4.72 Å². The van der Waals surface area contributed by atoms with Crippen molar-refractivity contribution in [2.75, 3.05) is 6.54 Å². The van der Waals surface area contributed by atoms with Gasteiger partial charge >= 0.3 is 0 Å². The number of aryl methyl sites for hydroxylation is 3. The molecule has 5 nitrogen and oxygen atoms in total. The highest BCUT2D eigenvalue weighted by atomic mass is 32.2. The SMILES string of the molecule is Cc1cc(C)c(S(=O)(=O)NC(C)C(=O)NCCC2=CCCCC2)c(C)c1. The lowest BCUT2D eigenvalue weighted by molar-refractivity contribution is -0.122. The average molecular weight is 379 g/mol. The van der Waals surface area contributed by atoms with Gasteiger partial charge in [0.25, 0.3) is 0 Å². The fraction of sp³-hybridized carbons (Fsp3) is 0.550. The van der Waals surface area contributed by atoms with Crippen molar-refractivity contribution in [2.45, 2.75) is 70.7 Å². The minimum absolute atomic E-state index is 0.259. The Bertz CT molecular complexity index is 774. The van der Waals surface area contributed by atoms with Crippen molar-refractivity contribution in [3.8, 4) is 0 Å². The van der Waals surface area contributed by atoms with Gasteiger partial charge in [-0.3, -0.25) is 4.79 Å². The lowest BCUT2D eigenvalue weighted by Gasteiger charge is -2.18. The van der Waals surface area contributed by atoms with Gasteiger partial charge in [0, 0.05) is 6.54 Å². The highest BCUT2D eigenvalue weighted by molar-refractivity contribution is 7.89. The second-order valence-electron chi connectivity index (χ2n) is 7.22. The van der Waals surface area contributed by atoms with Gasteiger partial charge in [-0.1, -0.05) is 29.3 Å². The van der Waals surface area contributed by atoms with Crippen LogP contribution in [0.25, 0.3) is 0 Å². The number of allylic oxidation sites excluding steroid dienone is 1. The number of benzene rings is 1. The van der Waals surface area contributed by atoms with Gasteiger partial charge in [0.1, 0.15) is 0 Å². The molecule has 2 rings (SSSR count). The van der Waals surface area contributed by atoms with E-state index in [4.69, 9.17) is 0 Å². The second-order valence-corrected chi connectivity index (χ2v) is 8.87. The Balaban J connectivity index is 1.96. The molecule has 1 unspecified atom stereocenters. The third-order valence-electron chi connectivity index (χ3n) is 4.73. The summed E-state index contributed by atoms with van der Waals surface area (Å²) < 4.78 is 27.9. The first-order valence-corrected chi connectivity index (χ1v) is 10.7. The molecule has 0 spiro atoms. The Morgan fingerprint density at radius 1 is 1.15 bits per heavy atom. The van der Waals surface area contributed by atoms with Gasteiger partial charge in [0.15, 0.2) is 0 Å². The number of nitrogens with one attached hydrogen (secondary N) is 2. The molecule has 1 amide bonds. The maximum absolute atomic E-state index is 12.7. The van der Waals surface area contributed by atoms with E-state index in [1.807, 2.05) is 19.1 Å². The first kappa shape index (κ1) is 20.6. The monoisotopic (exact) mass is 378 g/mol. The van der Waals surface area contributed by atoms with Gasteiger partial charge < -0.3 is 5.32 Å². The van der Waals surface area contributed by atoms with Crippen LogP contribution in [0.3, 0.4) is 0 Å². The molecular formula is C20H30N2O3S. The molecule has 0 aliphatic heterocycles. The fourth-order valence-electron chi connectivity index (χ4n) is 3.57. The molecule has 0 aromatic heterocycles. The summed E-state index contributed by atoms with van der Waals surface area (Å²) in [5.74, 6) is -0.299. The number of hydrogen-bond donors (Lipinski definition) is 2. The number of sulfonamides is 1. The van der Waals surface area contributed by atoms with Crippen molar-refractivity contribution in [3.63, 3.8) is 0 Å². The van der Waals surface area contributed by atoms with Crippen LogP contribution in [0.2, 0.25) is 0 Å². The standard InChI is InChI=1S/C20H30N2O3S/c1-14-12-15(2)19(16(3)13-14)26(24,25)22-17(4)20(23)21-11-10-18-8-6-5-7-9-18/h8,12-13,17,22H,5-7,9-11H2,1-4H3,(H,21,23). The first-order valence-electron chi connectivity index (χ1n) is 9.26. The third kappa shape index (κ3) is 5.42. The Morgan fingerprint density at radius 2 is 1.81 bits per heavy atom. The van der Waals surface area contributed by atoms with Crippen LogP contribution < -0.4 is 10.0 Å². The minimum atomic E-state index is -3.75. The van der Waals surface area contributed by atoms with E-state index >= 15 is 0 Å². The molecule has 0 heterocycles. The van der Waals surface area contributed by atoms with Gasteiger partial charge in [0.2, 0.25) is 15.9 Å². The molecule has 6 heteroatoms. The number of hydrogen-bond acceptors (Lipinski definition) is 3. The lowest BCUT2D eigenvalue weighted by atomic mass is 9.97. The number of amides is 1. The van der Waals surface area contributed by atoms with Crippen LogP contribution in [-0.2, 0) is 14.8 Å². The molecule has 1 aliphatic carbocycles. The topological polar surface area (TPSA) is 75.3 Å². The average Bonchev–Trinajstić information content (AvgIpc) is 2.53. The number of rotatable bonds is 7. The molecule has 1 aromatic carbocycles. The van der Waals surface area contributed by atoms with Crippen molar-refractivity contribution in [1.82, 2.24) is 10.0 Å². The van der Waals surface area contributed by atoms with Crippen LogP contribution in [0.1, 0.15) is 55.7 Å². The lowest BCUT2D eigenvalue weighted by Crippen LogP contribution is -2.45. The Kier molecular flexibility index (Phi) is 7.01. The highest BCUT2D eigenvalue weighted by Crippen LogP contribution is 2.22. The molecule has 0 saturated carbocycles. The molecule has 1 atom stereocenters. The second kappa shape index (κ2) is 8.82. The molecule has 1 aromatic rings. The van der Waals surface area contributed by atoms with E-state index in [0.717, 1.165) is 24.8 Å². The predicted molar refractivity (Wildman–Crippen MR) is 105 cm³/mol. The minimum Gasteiger partial charge on any atom is -0.354 e. The van der Waals surface area contributed by atoms with Crippen LogP contribution in [0.15, 0.2) is 28.7 Å². The zero-order chi connectivity index (χ0) is 19.3. The van der Waals surface area contributed by atoms with E-state index in [1.165, 1.54) is 18.4 Å². The van der Waals surface area contributed by atoms with Crippen LogP contribution in [0.5, 0.6) is 0 Å². The van der Waals surface area contributed by atoms with Crippen molar-refractivity contribution in [2.24, 2.45) is 0 Å². The number of carbonyl (C=O) groups excluding carboxylic acids is 1. The highest BCUT2D eigenvalue weighted by Gasteiger charge is 2.25. The summed E-state index contributed by atoms with van der Waals surface area (Å²) in [7, 11) is -3.75. The van der Waals surface area contributed by atoms with E-state index in [2.05, 4.69) is 16.1 Å². The van der Waals surface area contributed by atoms with Gasteiger partial charge in [0.05, 0.1) is 10.9 Å². The molecular weight excluding hydrogens is 348 g/mol. The largest absolute Gasteiger partial charge is 0.354 e. The van der Waals surface area contributed by atoms with E-state index in [9.17, 15) is 13.2 Å². The molecule has 2 N–H and O–H groups in total. The summed E-state index contributed by atoms with van der Waals surface area (Å²) in [4.78, 5) is 12.5. The van der Waals surface area contributed by atoms with Crippen LogP contribution >= 0.6 is 0 Å². The van der Waals surface area contributed by atoms with Crippen LogP contribution in [0.4, 0.5) is 0 Å². The summed E-state index contributed by atoms with van der Waals surface area (Å²) in [5.41, 5.74) is 3.77. The van der Waals surface area contributed by atoms with E-state index in [-0.39, 0.29) is 10.8 Å². The van der Waals surface area contributed by atoms with Crippen molar-refractivity contribution < 1.29 is 13.2 Å². The molecule has 0 saturated heterocycles. The summed E-state index contributed by atoms with van der Waals surface area (Å²) in [6, 6.07) is 2.86. The molecule has 0 bridgehead atoms. The quantitative estimate of drug-likeness (QED) is 0.715. The van der Waals surface area contributed by atoms with Crippen molar-refractivity contribution >= 4 is 15.9 Å². The van der Waals surface area contributed by atoms with Crippen molar-refractivity contribution in [3.05, 3.63) is 40.5 Å². The fourth-order valence-corrected chi connectivity index (χ4v) is 5.22. The summed E-state index contributed by atoms with van der Waals surface area (Å²) in [6.45, 7) is 7.60. The van der Waals surface area contributed by atoms with Gasteiger partial charge in [-0.15, -0.1) is 0 Å². The maximum atomic E-state index is 12.7. The molecule has 26 heavy (non-hydrogen) atoms.